The van der Waals surface area contributed by atoms with E-state index >= 15 is 0 Å². The molecule has 2 aromatic rings. The smallest absolute Gasteiger partial charge is 0.121 e. The second-order valence-electron chi connectivity index (χ2n) is 5.45. The molecule has 2 N–H and O–H groups in total. The first kappa shape index (κ1) is 13.9. The van der Waals surface area contributed by atoms with E-state index in [0.717, 1.165) is 42.1 Å². The summed E-state index contributed by atoms with van der Waals surface area (Å²) < 4.78 is 5.66. The highest BCUT2D eigenvalue weighted by Crippen LogP contribution is 2.25. The van der Waals surface area contributed by atoms with Gasteiger partial charge in [0.1, 0.15) is 11.6 Å². The number of fused-ring (bicyclic) bond motifs is 1. The summed E-state index contributed by atoms with van der Waals surface area (Å²) in [6.07, 6.45) is 3.68. The number of hydrogen-bond acceptors (Lipinski definition) is 4. The Morgan fingerprint density at radius 2 is 2.38 bits per heavy atom. The lowest BCUT2D eigenvalue weighted by Crippen LogP contribution is -2.28. The van der Waals surface area contributed by atoms with Gasteiger partial charge in [0.05, 0.1) is 23.7 Å². The van der Waals surface area contributed by atoms with E-state index in [9.17, 15) is 0 Å². The van der Waals surface area contributed by atoms with Gasteiger partial charge in [0.15, 0.2) is 0 Å². The lowest BCUT2D eigenvalue weighted by atomic mass is 9.99. The molecule has 1 saturated heterocycles. The van der Waals surface area contributed by atoms with Crippen molar-refractivity contribution in [3.8, 4) is 11.8 Å². The van der Waals surface area contributed by atoms with Crippen molar-refractivity contribution in [2.45, 2.75) is 31.6 Å². The van der Waals surface area contributed by atoms with Crippen molar-refractivity contribution in [1.82, 2.24) is 15.3 Å². The van der Waals surface area contributed by atoms with E-state index in [1.54, 1.807) is 0 Å². The lowest BCUT2D eigenvalue weighted by Gasteiger charge is -2.20. The van der Waals surface area contributed by atoms with Crippen LogP contribution in [0.15, 0.2) is 18.2 Å². The number of piperidine rings is 1. The van der Waals surface area contributed by atoms with E-state index in [4.69, 9.17) is 15.0 Å². The van der Waals surface area contributed by atoms with Crippen LogP contribution in [0.25, 0.3) is 11.0 Å². The molecule has 1 aliphatic heterocycles. The van der Waals surface area contributed by atoms with Crippen LogP contribution in [0.4, 0.5) is 0 Å². The van der Waals surface area contributed by atoms with Gasteiger partial charge in [0, 0.05) is 24.9 Å². The zero-order valence-electron chi connectivity index (χ0n) is 12.1. The zero-order valence-corrected chi connectivity index (χ0v) is 12.1. The summed E-state index contributed by atoms with van der Waals surface area (Å²) in [6.45, 7) is 2.68. The minimum absolute atomic E-state index is 0.478. The number of imidazole rings is 1. The normalized spacial score (nSPS) is 18.5. The lowest BCUT2D eigenvalue weighted by molar-refractivity contribution is 0.313. The van der Waals surface area contributed by atoms with Crippen LogP contribution in [-0.2, 0) is 0 Å². The number of ether oxygens (including phenoxy) is 1. The van der Waals surface area contributed by atoms with Crippen molar-refractivity contribution >= 4 is 11.0 Å². The van der Waals surface area contributed by atoms with Gasteiger partial charge in [0.2, 0.25) is 0 Å². The molecule has 1 atom stereocenters. The van der Waals surface area contributed by atoms with Crippen molar-refractivity contribution in [2.24, 2.45) is 0 Å². The van der Waals surface area contributed by atoms with E-state index in [2.05, 4.69) is 16.4 Å². The van der Waals surface area contributed by atoms with Crippen LogP contribution in [0, 0.1) is 11.3 Å². The highest BCUT2D eigenvalue weighted by molar-refractivity contribution is 5.76. The molecule has 3 rings (SSSR count). The molecule has 5 nitrogen and oxygen atoms in total. The monoisotopic (exact) mass is 284 g/mol. The maximum Gasteiger partial charge on any atom is 0.121 e. The first-order chi connectivity index (χ1) is 10.4. The third-order valence-corrected chi connectivity index (χ3v) is 3.86. The molecular weight excluding hydrogens is 264 g/mol. The molecule has 1 aliphatic rings. The summed E-state index contributed by atoms with van der Waals surface area (Å²) in [5.74, 6) is 2.38. The number of H-pyrrole nitrogens is 1. The third kappa shape index (κ3) is 3.34. The van der Waals surface area contributed by atoms with Gasteiger partial charge in [-0.2, -0.15) is 5.26 Å². The maximum absolute atomic E-state index is 8.51. The molecule has 0 amide bonds. The quantitative estimate of drug-likeness (QED) is 0.828. The molecule has 0 radical (unpaired) electrons. The molecule has 1 fully saturated rings. The fourth-order valence-electron chi connectivity index (χ4n) is 2.72. The van der Waals surface area contributed by atoms with Crippen LogP contribution < -0.4 is 10.1 Å². The minimum atomic E-state index is 0.478. The summed E-state index contributed by atoms with van der Waals surface area (Å²) in [5.41, 5.74) is 2.01. The van der Waals surface area contributed by atoms with Crippen LogP contribution in [0.3, 0.4) is 0 Å². The SMILES string of the molecule is N#CCCCOc1ccc2nc(C3CCCNC3)[nH]c2c1. The second kappa shape index (κ2) is 6.59. The number of nitrogens with one attached hydrogen (secondary N) is 2. The highest BCUT2D eigenvalue weighted by Gasteiger charge is 2.18. The van der Waals surface area contributed by atoms with Crippen LogP contribution in [-0.4, -0.2) is 29.7 Å². The van der Waals surface area contributed by atoms with Gasteiger partial charge >= 0.3 is 0 Å². The minimum Gasteiger partial charge on any atom is -0.493 e. The van der Waals surface area contributed by atoms with Crippen LogP contribution >= 0.6 is 0 Å². The Balaban J connectivity index is 1.71. The maximum atomic E-state index is 8.51. The summed E-state index contributed by atoms with van der Waals surface area (Å²) in [7, 11) is 0. The fraction of sp³-hybridized carbons (Fsp3) is 0.500. The highest BCUT2D eigenvalue weighted by atomic mass is 16.5. The summed E-state index contributed by atoms with van der Waals surface area (Å²) in [4.78, 5) is 8.12. The molecule has 21 heavy (non-hydrogen) atoms. The molecule has 0 saturated carbocycles. The predicted molar refractivity (Wildman–Crippen MR) is 81.3 cm³/mol. The van der Waals surface area contributed by atoms with Crippen LogP contribution in [0.2, 0.25) is 0 Å². The van der Waals surface area contributed by atoms with E-state index < -0.39 is 0 Å². The number of unbranched alkanes of at least 4 members (excludes halogenated alkanes) is 1. The van der Waals surface area contributed by atoms with Crippen LogP contribution in [0.5, 0.6) is 5.75 Å². The molecule has 1 unspecified atom stereocenters. The number of rotatable bonds is 5. The summed E-state index contributed by atoms with van der Waals surface area (Å²) >= 11 is 0. The summed E-state index contributed by atoms with van der Waals surface area (Å²) in [5, 5.41) is 11.9. The van der Waals surface area contributed by atoms with Gasteiger partial charge < -0.3 is 15.0 Å². The topological polar surface area (TPSA) is 73.7 Å². The van der Waals surface area contributed by atoms with Gasteiger partial charge in [-0.05, 0) is 37.9 Å². The van der Waals surface area contributed by atoms with Crippen molar-refractivity contribution in [3.05, 3.63) is 24.0 Å². The van der Waals surface area contributed by atoms with Gasteiger partial charge in [-0.25, -0.2) is 4.98 Å². The number of nitriles is 1. The predicted octanol–water partition coefficient (Wildman–Crippen LogP) is 2.71. The molecule has 1 aromatic heterocycles. The number of aromatic amines is 1. The standard InChI is InChI=1S/C16H20N4O/c17-7-1-2-9-21-13-5-6-14-15(10-13)20-16(19-14)12-4-3-8-18-11-12/h5-6,10,12,18H,1-4,8-9,11H2,(H,19,20). The van der Waals surface area contributed by atoms with Crippen molar-refractivity contribution in [3.63, 3.8) is 0 Å². The van der Waals surface area contributed by atoms with Gasteiger partial charge in [-0.3, -0.25) is 0 Å². The Morgan fingerprint density at radius 1 is 1.43 bits per heavy atom. The molecule has 110 valence electrons. The molecule has 1 aromatic carbocycles. The molecule has 5 heteroatoms. The van der Waals surface area contributed by atoms with Gasteiger partial charge in [-0.15, -0.1) is 0 Å². The average Bonchev–Trinajstić information content (AvgIpc) is 2.96. The van der Waals surface area contributed by atoms with Crippen molar-refractivity contribution in [2.75, 3.05) is 19.7 Å². The Kier molecular flexibility index (Phi) is 4.37. The average molecular weight is 284 g/mol. The van der Waals surface area contributed by atoms with Crippen LogP contribution in [0.1, 0.15) is 37.4 Å². The Bertz CT molecular complexity index is 637. The Labute approximate surface area is 124 Å². The second-order valence-corrected chi connectivity index (χ2v) is 5.45. The molecule has 0 aliphatic carbocycles. The van der Waals surface area contributed by atoms with E-state index in [0.29, 0.717) is 18.9 Å². The van der Waals surface area contributed by atoms with E-state index in [1.165, 1.54) is 12.8 Å². The first-order valence-corrected chi connectivity index (χ1v) is 7.57. The number of hydrogen-bond donors (Lipinski definition) is 2. The fourth-order valence-corrected chi connectivity index (χ4v) is 2.72. The number of nitrogens with zero attached hydrogens (tertiary/aromatic N) is 2. The largest absolute Gasteiger partial charge is 0.493 e. The van der Waals surface area contributed by atoms with Gasteiger partial charge in [-0.1, -0.05) is 0 Å². The zero-order chi connectivity index (χ0) is 14.5. The first-order valence-electron chi connectivity index (χ1n) is 7.57. The number of aromatic nitrogens is 2. The number of benzene rings is 1. The Morgan fingerprint density at radius 3 is 3.19 bits per heavy atom. The van der Waals surface area contributed by atoms with E-state index in [-0.39, 0.29) is 0 Å². The Hall–Kier alpha value is -2.06. The summed E-state index contributed by atoms with van der Waals surface area (Å²) in [6, 6.07) is 8.05. The molecule has 0 bridgehead atoms. The van der Waals surface area contributed by atoms with Crippen molar-refractivity contribution in [1.29, 1.82) is 5.26 Å². The van der Waals surface area contributed by atoms with E-state index in [1.807, 2.05) is 18.2 Å². The third-order valence-electron chi connectivity index (χ3n) is 3.86. The molecular formula is C16H20N4O. The molecule has 0 spiro atoms. The van der Waals surface area contributed by atoms with Gasteiger partial charge in [0.25, 0.3) is 0 Å². The van der Waals surface area contributed by atoms with Crippen molar-refractivity contribution < 1.29 is 4.74 Å². The molecule has 2 heterocycles.